The fourth-order valence-electron chi connectivity index (χ4n) is 2.88. The molecule has 0 saturated carbocycles. The minimum absolute atomic E-state index is 0.682. The molecule has 1 N–H and O–H groups in total. The molecule has 0 spiro atoms. The summed E-state index contributed by atoms with van der Waals surface area (Å²) in [6.45, 7) is 14.1. The fourth-order valence-corrected chi connectivity index (χ4v) is 2.88. The van der Waals surface area contributed by atoms with Gasteiger partial charge in [0, 0.05) is 31.2 Å². The molecule has 17 heavy (non-hydrogen) atoms. The summed E-state index contributed by atoms with van der Waals surface area (Å²) in [5.41, 5.74) is 0. The molecule has 0 aliphatic carbocycles. The van der Waals surface area contributed by atoms with Crippen LogP contribution in [0.25, 0.3) is 0 Å². The van der Waals surface area contributed by atoms with Crippen molar-refractivity contribution in [2.75, 3.05) is 13.1 Å². The molecule has 3 atom stereocenters. The Hall–Kier alpha value is -0.0800. The van der Waals surface area contributed by atoms with Crippen LogP contribution in [0.3, 0.4) is 0 Å². The van der Waals surface area contributed by atoms with E-state index in [1.54, 1.807) is 0 Å². The fraction of sp³-hybridized carbons (Fsp3) is 1.00. The molecule has 102 valence electrons. The number of piperazine rings is 1. The SMILES string of the molecule is CCCCC(C)N1CC(C(C)C)NCC1CC. The van der Waals surface area contributed by atoms with E-state index >= 15 is 0 Å². The van der Waals surface area contributed by atoms with Gasteiger partial charge in [-0.25, -0.2) is 0 Å². The first-order valence-electron chi connectivity index (χ1n) is 7.59. The highest BCUT2D eigenvalue weighted by molar-refractivity contribution is 4.89. The second-order valence-electron chi connectivity index (χ2n) is 6.01. The third kappa shape index (κ3) is 4.26. The molecular formula is C15H32N2. The minimum atomic E-state index is 0.682. The Morgan fingerprint density at radius 3 is 2.47 bits per heavy atom. The zero-order chi connectivity index (χ0) is 12.8. The Morgan fingerprint density at radius 2 is 1.94 bits per heavy atom. The van der Waals surface area contributed by atoms with Crippen LogP contribution < -0.4 is 5.32 Å². The molecule has 1 aliphatic rings. The van der Waals surface area contributed by atoms with Crippen LogP contribution in [-0.4, -0.2) is 36.1 Å². The molecule has 2 heteroatoms. The number of unbranched alkanes of at least 4 members (excludes halogenated alkanes) is 1. The number of hydrogen-bond donors (Lipinski definition) is 1. The lowest BCUT2D eigenvalue weighted by atomic mass is 9.96. The van der Waals surface area contributed by atoms with Gasteiger partial charge < -0.3 is 5.32 Å². The summed E-state index contributed by atoms with van der Waals surface area (Å²) < 4.78 is 0. The average molecular weight is 240 g/mol. The highest BCUT2D eigenvalue weighted by Gasteiger charge is 2.30. The van der Waals surface area contributed by atoms with Crippen LogP contribution in [0.2, 0.25) is 0 Å². The van der Waals surface area contributed by atoms with Crippen LogP contribution in [0.5, 0.6) is 0 Å². The number of hydrogen-bond acceptors (Lipinski definition) is 2. The third-order valence-corrected chi connectivity index (χ3v) is 4.31. The van der Waals surface area contributed by atoms with Crippen LogP contribution >= 0.6 is 0 Å². The number of nitrogens with zero attached hydrogens (tertiary/aromatic N) is 1. The van der Waals surface area contributed by atoms with Gasteiger partial charge in [-0.05, 0) is 25.7 Å². The van der Waals surface area contributed by atoms with Gasteiger partial charge in [-0.1, -0.05) is 40.5 Å². The molecule has 3 unspecified atom stereocenters. The Morgan fingerprint density at radius 1 is 1.24 bits per heavy atom. The van der Waals surface area contributed by atoms with Crippen LogP contribution in [-0.2, 0) is 0 Å². The summed E-state index contributed by atoms with van der Waals surface area (Å²) in [5.74, 6) is 0.744. The molecule has 1 rings (SSSR count). The maximum Gasteiger partial charge on any atom is 0.0221 e. The van der Waals surface area contributed by atoms with Crippen LogP contribution in [0.1, 0.15) is 60.3 Å². The molecule has 2 nitrogen and oxygen atoms in total. The molecule has 0 aromatic carbocycles. The second kappa shape index (κ2) is 7.38. The standard InChI is InChI=1S/C15H32N2/c1-6-8-9-13(5)17-11-15(12(3)4)16-10-14(17)7-2/h12-16H,6-11H2,1-5H3. The van der Waals surface area contributed by atoms with Gasteiger partial charge >= 0.3 is 0 Å². The summed E-state index contributed by atoms with van der Waals surface area (Å²) in [4.78, 5) is 2.76. The van der Waals surface area contributed by atoms with Crippen molar-refractivity contribution in [2.45, 2.75) is 78.4 Å². The Balaban J connectivity index is 2.55. The predicted molar refractivity (Wildman–Crippen MR) is 76.4 cm³/mol. The first-order chi connectivity index (χ1) is 8.10. The molecule has 0 aromatic heterocycles. The molecule has 0 bridgehead atoms. The first kappa shape index (κ1) is 15.0. The smallest absolute Gasteiger partial charge is 0.0221 e. The first-order valence-corrected chi connectivity index (χ1v) is 7.59. The van der Waals surface area contributed by atoms with Crippen molar-refractivity contribution in [3.8, 4) is 0 Å². The van der Waals surface area contributed by atoms with Gasteiger partial charge in [0.2, 0.25) is 0 Å². The van der Waals surface area contributed by atoms with E-state index in [2.05, 4.69) is 44.8 Å². The summed E-state index contributed by atoms with van der Waals surface area (Å²) in [6, 6.07) is 2.18. The molecule has 1 fully saturated rings. The quantitative estimate of drug-likeness (QED) is 0.766. The van der Waals surface area contributed by atoms with Gasteiger partial charge in [-0.15, -0.1) is 0 Å². The van der Waals surface area contributed by atoms with E-state index < -0.39 is 0 Å². The second-order valence-corrected chi connectivity index (χ2v) is 6.01. The Labute approximate surface area is 108 Å². The molecule has 0 amide bonds. The lowest BCUT2D eigenvalue weighted by molar-refractivity contribution is 0.0693. The lowest BCUT2D eigenvalue weighted by Crippen LogP contribution is -2.60. The van der Waals surface area contributed by atoms with Gasteiger partial charge in [0.05, 0.1) is 0 Å². The minimum Gasteiger partial charge on any atom is -0.311 e. The zero-order valence-corrected chi connectivity index (χ0v) is 12.5. The maximum absolute atomic E-state index is 3.72. The zero-order valence-electron chi connectivity index (χ0n) is 12.5. The number of nitrogens with one attached hydrogen (secondary N) is 1. The van der Waals surface area contributed by atoms with Crippen LogP contribution in [0, 0.1) is 5.92 Å². The summed E-state index contributed by atoms with van der Waals surface area (Å²) in [7, 11) is 0. The van der Waals surface area contributed by atoms with Crippen molar-refractivity contribution in [1.29, 1.82) is 0 Å². The van der Waals surface area contributed by atoms with E-state index in [9.17, 15) is 0 Å². The van der Waals surface area contributed by atoms with Crippen molar-refractivity contribution in [1.82, 2.24) is 10.2 Å². The molecule has 1 saturated heterocycles. The summed E-state index contributed by atoms with van der Waals surface area (Å²) in [6.07, 6.45) is 5.32. The normalized spacial score (nSPS) is 28.6. The average Bonchev–Trinajstić information content (AvgIpc) is 2.34. The maximum atomic E-state index is 3.72. The van der Waals surface area contributed by atoms with Crippen LogP contribution in [0.4, 0.5) is 0 Å². The monoisotopic (exact) mass is 240 g/mol. The van der Waals surface area contributed by atoms with Crippen LogP contribution in [0.15, 0.2) is 0 Å². The predicted octanol–water partition coefficient (Wildman–Crippen LogP) is 3.27. The molecular weight excluding hydrogens is 208 g/mol. The third-order valence-electron chi connectivity index (χ3n) is 4.31. The van der Waals surface area contributed by atoms with E-state index in [1.807, 2.05) is 0 Å². The molecule has 1 heterocycles. The highest BCUT2D eigenvalue weighted by atomic mass is 15.3. The summed E-state index contributed by atoms with van der Waals surface area (Å²) >= 11 is 0. The van der Waals surface area contributed by atoms with E-state index in [1.165, 1.54) is 38.8 Å². The molecule has 0 radical (unpaired) electrons. The van der Waals surface area contributed by atoms with Gasteiger partial charge in [0.1, 0.15) is 0 Å². The van der Waals surface area contributed by atoms with Crippen molar-refractivity contribution in [2.24, 2.45) is 5.92 Å². The van der Waals surface area contributed by atoms with Gasteiger partial charge in [0.15, 0.2) is 0 Å². The van der Waals surface area contributed by atoms with Crippen molar-refractivity contribution >= 4 is 0 Å². The molecule has 1 aliphatic heterocycles. The van der Waals surface area contributed by atoms with Gasteiger partial charge in [-0.2, -0.15) is 0 Å². The van der Waals surface area contributed by atoms with Gasteiger partial charge in [-0.3, -0.25) is 4.90 Å². The van der Waals surface area contributed by atoms with Gasteiger partial charge in [0.25, 0.3) is 0 Å². The highest BCUT2D eigenvalue weighted by Crippen LogP contribution is 2.20. The molecule has 0 aromatic rings. The van der Waals surface area contributed by atoms with E-state index in [0.29, 0.717) is 6.04 Å². The van der Waals surface area contributed by atoms with E-state index in [4.69, 9.17) is 0 Å². The van der Waals surface area contributed by atoms with Crippen molar-refractivity contribution < 1.29 is 0 Å². The number of rotatable bonds is 6. The lowest BCUT2D eigenvalue weighted by Gasteiger charge is -2.45. The Kier molecular flexibility index (Phi) is 6.50. The Bertz CT molecular complexity index is 203. The van der Waals surface area contributed by atoms with Crippen molar-refractivity contribution in [3.05, 3.63) is 0 Å². The van der Waals surface area contributed by atoms with E-state index in [0.717, 1.165) is 18.0 Å². The summed E-state index contributed by atoms with van der Waals surface area (Å²) in [5, 5.41) is 3.72. The van der Waals surface area contributed by atoms with E-state index in [-0.39, 0.29) is 0 Å². The van der Waals surface area contributed by atoms with Crippen molar-refractivity contribution in [3.63, 3.8) is 0 Å². The largest absolute Gasteiger partial charge is 0.311 e. The topological polar surface area (TPSA) is 15.3 Å².